The molecule has 0 atom stereocenters. The van der Waals surface area contributed by atoms with Crippen LogP contribution in [0.1, 0.15) is 44.7 Å². The van der Waals surface area contributed by atoms with Crippen molar-refractivity contribution in [1.29, 1.82) is 0 Å². The standard InChI is InChI=1S/C16H22N2O/c1-15(2,3)11-4-5-13-12(10-11)16(14(19)18-13)6-8-17-9-7-16/h4-5,10,17H,6-9H2,1-3H3,(H,18,19). The van der Waals surface area contributed by atoms with Gasteiger partial charge in [0, 0.05) is 5.69 Å². The Morgan fingerprint density at radius 2 is 1.84 bits per heavy atom. The highest BCUT2D eigenvalue weighted by Crippen LogP contribution is 2.45. The van der Waals surface area contributed by atoms with Gasteiger partial charge in [-0.05, 0) is 48.5 Å². The Labute approximate surface area is 114 Å². The summed E-state index contributed by atoms with van der Waals surface area (Å²) < 4.78 is 0. The third-order valence-corrected chi connectivity index (χ3v) is 4.54. The van der Waals surface area contributed by atoms with Crippen molar-refractivity contribution in [2.24, 2.45) is 0 Å². The van der Waals surface area contributed by atoms with Crippen molar-refractivity contribution in [3.05, 3.63) is 29.3 Å². The average Bonchev–Trinajstić information content (AvgIpc) is 2.62. The molecule has 3 heteroatoms. The quantitative estimate of drug-likeness (QED) is 0.751. The minimum absolute atomic E-state index is 0.120. The Balaban J connectivity index is 2.11. The molecule has 0 saturated carbocycles. The molecule has 0 unspecified atom stereocenters. The van der Waals surface area contributed by atoms with Crippen molar-refractivity contribution in [3.8, 4) is 0 Å². The maximum absolute atomic E-state index is 12.4. The van der Waals surface area contributed by atoms with E-state index in [1.165, 1.54) is 11.1 Å². The highest BCUT2D eigenvalue weighted by molar-refractivity contribution is 6.06. The van der Waals surface area contributed by atoms with Crippen molar-refractivity contribution >= 4 is 11.6 Å². The molecule has 0 radical (unpaired) electrons. The number of carbonyl (C=O) groups excluding carboxylic acids is 1. The van der Waals surface area contributed by atoms with E-state index in [1.807, 2.05) is 0 Å². The number of carbonyl (C=O) groups is 1. The van der Waals surface area contributed by atoms with Gasteiger partial charge in [0.2, 0.25) is 5.91 Å². The van der Waals surface area contributed by atoms with E-state index in [2.05, 4.69) is 49.6 Å². The molecule has 1 saturated heterocycles. The van der Waals surface area contributed by atoms with Crippen LogP contribution < -0.4 is 10.6 Å². The van der Waals surface area contributed by atoms with E-state index >= 15 is 0 Å². The van der Waals surface area contributed by atoms with E-state index in [0.717, 1.165) is 31.6 Å². The summed E-state index contributed by atoms with van der Waals surface area (Å²) in [6, 6.07) is 6.46. The smallest absolute Gasteiger partial charge is 0.235 e. The van der Waals surface area contributed by atoms with Crippen LogP contribution in [0.25, 0.3) is 0 Å². The van der Waals surface area contributed by atoms with Crippen LogP contribution in [0, 0.1) is 0 Å². The van der Waals surface area contributed by atoms with E-state index in [-0.39, 0.29) is 16.7 Å². The molecule has 3 nitrogen and oxygen atoms in total. The van der Waals surface area contributed by atoms with Crippen molar-refractivity contribution in [1.82, 2.24) is 5.32 Å². The highest BCUT2D eigenvalue weighted by Gasteiger charge is 2.47. The van der Waals surface area contributed by atoms with Gasteiger partial charge in [-0.2, -0.15) is 0 Å². The van der Waals surface area contributed by atoms with Gasteiger partial charge in [0.05, 0.1) is 5.41 Å². The molecule has 0 bridgehead atoms. The predicted molar refractivity (Wildman–Crippen MR) is 77.6 cm³/mol. The van der Waals surface area contributed by atoms with Crippen molar-refractivity contribution in [2.75, 3.05) is 18.4 Å². The first kappa shape index (κ1) is 12.7. The van der Waals surface area contributed by atoms with Gasteiger partial charge in [0.15, 0.2) is 0 Å². The second-order valence-corrected chi connectivity index (χ2v) is 6.80. The molecule has 1 fully saturated rings. The summed E-state index contributed by atoms with van der Waals surface area (Å²) in [5.41, 5.74) is 3.36. The molecule has 1 aromatic rings. The van der Waals surface area contributed by atoms with Gasteiger partial charge >= 0.3 is 0 Å². The zero-order valence-corrected chi connectivity index (χ0v) is 12.0. The fraction of sp³-hybridized carbons (Fsp3) is 0.562. The van der Waals surface area contributed by atoms with Crippen molar-refractivity contribution in [3.63, 3.8) is 0 Å². The summed E-state index contributed by atoms with van der Waals surface area (Å²) in [7, 11) is 0. The van der Waals surface area contributed by atoms with Crippen LogP contribution in [-0.4, -0.2) is 19.0 Å². The largest absolute Gasteiger partial charge is 0.325 e. The Kier molecular flexibility index (Phi) is 2.72. The third kappa shape index (κ3) is 1.88. The van der Waals surface area contributed by atoms with Gasteiger partial charge < -0.3 is 10.6 Å². The lowest BCUT2D eigenvalue weighted by atomic mass is 9.72. The van der Waals surface area contributed by atoms with Crippen molar-refractivity contribution in [2.45, 2.75) is 44.4 Å². The molecule has 1 amide bonds. The average molecular weight is 258 g/mol. The normalized spacial score (nSPS) is 21.3. The van der Waals surface area contributed by atoms with E-state index in [9.17, 15) is 4.79 Å². The topological polar surface area (TPSA) is 41.1 Å². The molecule has 3 rings (SSSR count). The van der Waals surface area contributed by atoms with Gasteiger partial charge in [-0.25, -0.2) is 0 Å². The number of nitrogens with one attached hydrogen (secondary N) is 2. The lowest BCUT2D eigenvalue weighted by molar-refractivity contribution is -0.121. The second-order valence-electron chi connectivity index (χ2n) is 6.80. The molecular formula is C16H22N2O. The summed E-state index contributed by atoms with van der Waals surface area (Å²) in [5.74, 6) is 0.190. The highest BCUT2D eigenvalue weighted by atomic mass is 16.2. The molecule has 102 valence electrons. The van der Waals surface area contributed by atoms with Gasteiger partial charge in [0.1, 0.15) is 0 Å². The second kappa shape index (κ2) is 4.07. The zero-order chi connectivity index (χ0) is 13.7. The molecule has 2 N–H and O–H groups in total. The maximum Gasteiger partial charge on any atom is 0.235 e. The first-order valence-corrected chi connectivity index (χ1v) is 7.11. The Morgan fingerprint density at radius 1 is 1.16 bits per heavy atom. The van der Waals surface area contributed by atoms with Crippen LogP contribution in [-0.2, 0) is 15.6 Å². The number of benzene rings is 1. The molecule has 1 spiro atoms. The van der Waals surface area contributed by atoms with E-state index in [1.54, 1.807) is 0 Å². The summed E-state index contributed by atoms with van der Waals surface area (Å²) in [4.78, 5) is 12.4. The maximum atomic E-state index is 12.4. The van der Waals surface area contributed by atoms with Crippen LogP contribution in [0.4, 0.5) is 5.69 Å². The third-order valence-electron chi connectivity index (χ3n) is 4.54. The summed E-state index contributed by atoms with van der Waals surface area (Å²) >= 11 is 0. The molecule has 1 aromatic carbocycles. The van der Waals surface area contributed by atoms with Crippen molar-refractivity contribution < 1.29 is 4.79 Å². The van der Waals surface area contributed by atoms with Gasteiger partial charge in [-0.15, -0.1) is 0 Å². The lowest BCUT2D eigenvalue weighted by Crippen LogP contribution is -2.44. The number of fused-ring (bicyclic) bond motifs is 2. The van der Waals surface area contributed by atoms with Crippen LogP contribution in [0.15, 0.2) is 18.2 Å². The number of piperidine rings is 1. The Bertz CT molecular complexity index is 522. The summed E-state index contributed by atoms with van der Waals surface area (Å²) in [5, 5.41) is 6.42. The molecule has 2 aliphatic heterocycles. The summed E-state index contributed by atoms with van der Waals surface area (Å²) in [6.07, 6.45) is 1.80. The fourth-order valence-corrected chi connectivity index (χ4v) is 3.23. The van der Waals surface area contributed by atoms with E-state index in [4.69, 9.17) is 0 Å². The first-order valence-electron chi connectivity index (χ1n) is 7.11. The molecule has 0 aromatic heterocycles. The van der Waals surface area contributed by atoms with Gasteiger partial charge in [0.25, 0.3) is 0 Å². The van der Waals surface area contributed by atoms with Crippen LogP contribution in [0.3, 0.4) is 0 Å². The predicted octanol–water partition coefficient (Wildman–Crippen LogP) is 2.56. The molecule has 0 aliphatic carbocycles. The number of hydrogen-bond acceptors (Lipinski definition) is 2. The van der Waals surface area contributed by atoms with Crippen LogP contribution in [0.2, 0.25) is 0 Å². The molecule has 2 heterocycles. The fourth-order valence-electron chi connectivity index (χ4n) is 3.23. The van der Waals surface area contributed by atoms with Gasteiger partial charge in [-0.1, -0.05) is 32.9 Å². The molecule has 19 heavy (non-hydrogen) atoms. The minimum atomic E-state index is -0.290. The Hall–Kier alpha value is -1.35. The summed E-state index contributed by atoms with van der Waals surface area (Å²) in [6.45, 7) is 8.50. The number of hydrogen-bond donors (Lipinski definition) is 2. The van der Waals surface area contributed by atoms with Crippen LogP contribution >= 0.6 is 0 Å². The number of amides is 1. The zero-order valence-electron chi connectivity index (χ0n) is 12.0. The number of anilines is 1. The monoisotopic (exact) mass is 258 g/mol. The molecule has 2 aliphatic rings. The minimum Gasteiger partial charge on any atom is -0.325 e. The van der Waals surface area contributed by atoms with Gasteiger partial charge in [-0.3, -0.25) is 4.79 Å². The Morgan fingerprint density at radius 3 is 2.47 bits per heavy atom. The van der Waals surface area contributed by atoms with Crippen LogP contribution in [0.5, 0.6) is 0 Å². The molecular weight excluding hydrogens is 236 g/mol. The van der Waals surface area contributed by atoms with E-state index < -0.39 is 0 Å². The first-order chi connectivity index (χ1) is 8.93. The van der Waals surface area contributed by atoms with E-state index in [0.29, 0.717) is 0 Å². The lowest BCUT2D eigenvalue weighted by Gasteiger charge is -2.32. The number of rotatable bonds is 0. The SMILES string of the molecule is CC(C)(C)c1ccc2c(c1)C1(CCNCC1)C(=O)N2.